The summed E-state index contributed by atoms with van der Waals surface area (Å²) in [5, 5.41) is 0. The number of amides is 1. The molecule has 2 aromatic carbocycles. The van der Waals surface area contributed by atoms with Crippen molar-refractivity contribution >= 4 is 5.91 Å². The summed E-state index contributed by atoms with van der Waals surface area (Å²) < 4.78 is 0. The zero-order valence-electron chi connectivity index (χ0n) is 13.7. The summed E-state index contributed by atoms with van der Waals surface area (Å²) in [5.41, 5.74) is 3.97. The van der Waals surface area contributed by atoms with E-state index >= 15 is 0 Å². The van der Waals surface area contributed by atoms with Gasteiger partial charge in [0.05, 0.1) is 0 Å². The van der Waals surface area contributed by atoms with Crippen LogP contribution in [0.3, 0.4) is 0 Å². The van der Waals surface area contributed by atoms with Gasteiger partial charge in [-0.3, -0.25) is 4.79 Å². The quantitative estimate of drug-likeness (QED) is 0.847. The molecule has 1 amide bonds. The van der Waals surface area contributed by atoms with Gasteiger partial charge >= 0.3 is 0 Å². The summed E-state index contributed by atoms with van der Waals surface area (Å²) >= 11 is 0. The van der Waals surface area contributed by atoms with Crippen LogP contribution in [-0.4, -0.2) is 35.8 Å². The second kappa shape index (κ2) is 7.42. The Hall–Kier alpha value is -2.13. The van der Waals surface area contributed by atoms with Gasteiger partial charge in [0.1, 0.15) is 0 Å². The third kappa shape index (κ3) is 4.20. The van der Waals surface area contributed by atoms with Crippen LogP contribution in [0.25, 0.3) is 0 Å². The normalized spacial score (nSPS) is 13.9. The van der Waals surface area contributed by atoms with Crippen LogP contribution in [0.2, 0.25) is 0 Å². The van der Waals surface area contributed by atoms with Crippen LogP contribution in [0.15, 0.2) is 54.6 Å². The highest BCUT2D eigenvalue weighted by Gasteiger charge is 2.20. The lowest BCUT2D eigenvalue weighted by molar-refractivity contribution is -0.132. The van der Waals surface area contributed by atoms with Crippen molar-refractivity contribution in [2.75, 3.05) is 20.1 Å². The van der Waals surface area contributed by atoms with Crippen molar-refractivity contribution in [1.82, 2.24) is 9.80 Å². The van der Waals surface area contributed by atoms with Crippen molar-refractivity contribution < 1.29 is 4.79 Å². The number of hydrogen-bond acceptors (Lipinski definition) is 2. The maximum atomic E-state index is 12.5. The molecule has 3 heteroatoms. The second-order valence-electron chi connectivity index (χ2n) is 6.31. The molecule has 1 aliphatic rings. The number of fused-ring (bicyclic) bond motifs is 1. The predicted octanol–water partition coefficient (Wildman–Crippen LogP) is 3.09. The van der Waals surface area contributed by atoms with Gasteiger partial charge in [-0.2, -0.15) is 0 Å². The van der Waals surface area contributed by atoms with Crippen molar-refractivity contribution in [1.29, 1.82) is 0 Å². The van der Waals surface area contributed by atoms with Gasteiger partial charge in [-0.15, -0.1) is 0 Å². The minimum absolute atomic E-state index is 0.263. The minimum Gasteiger partial charge on any atom is -0.338 e. The molecule has 0 saturated heterocycles. The molecule has 1 heterocycles. The summed E-state index contributed by atoms with van der Waals surface area (Å²) in [6.07, 6.45) is 1.56. The summed E-state index contributed by atoms with van der Waals surface area (Å²) in [4.78, 5) is 16.7. The molecule has 120 valence electrons. The molecule has 0 spiro atoms. The monoisotopic (exact) mass is 308 g/mol. The van der Waals surface area contributed by atoms with E-state index in [0.29, 0.717) is 6.42 Å². The lowest BCUT2D eigenvalue weighted by Gasteiger charge is -2.29. The number of hydrogen-bond donors (Lipinski definition) is 0. The summed E-state index contributed by atoms with van der Waals surface area (Å²) in [6.45, 7) is 3.29. The summed E-state index contributed by atoms with van der Waals surface area (Å²) in [7, 11) is 2.08. The Labute approximate surface area is 138 Å². The first kappa shape index (κ1) is 15.8. The van der Waals surface area contributed by atoms with Gasteiger partial charge in [0.25, 0.3) is 0 Å². The number of carbonyl (C=O) groups is 1. The molecule has 0 bridgehead atoms. The molecular formula is C20H24N2O. The molecule has 3 nitrogen and oxygen atoms in total. The molecule has 0 saturated carbocycles. The molecule has 0 aromatic heterocycles. The summed E-state index contributed by atoms with van der Waals surface area (Å²) in [6, 6.07) is 18.8. The number of nitrogens with zero attached hydrogens (tertiary/aromatic N) is 2. The van der Waals surface area contributed by atoms with Gasteiger partial charge in [-0.25, -0.2) is 0 Å². The Morgan fingerprint density at radius 3 is 2.52 bits per heavy atom. The molecule has 3 rings (SSSR count). The van der Waals surface area contributed by atoms with E-state index < -0.39 is 0 Å². The van der Waals surface area contributed by atoms with E-state index in [1.165, 1.54) is 16.7 Å². The molecule has 0 radical (unpaired) electrons. The lowest BCUT2D eigenvalue weighted by Crippen LogP contribution is -2.37. The van der Waals surface area contributed by atoms with Crippen LogP contribution < -0.4 is 0 Å². The molecule has 2 aromatic rings. The maximum Gasteiger partial charge on any atom is 0.224 e. The molecule has 23 heavy (non-hydrogen) atoms. The van der Waals surface area contributed by atoms with E-state index in [4.69, 9.17) is 0 Å². The highest BCUT2D eigenvalue weighted by molar-refractivity contribution is 5.76. The minimum atomic E-state index is 0.263. The van der Waals surface area contributed by atoms with Gasteiger partial charge in [0.2, 0.25) is 5.91 Å². The maximum absolute atomic E-state index is 12.5. The van der Waals surface area contributed by atoms with Crippen molar-refractivity contribution in [3.63, 3.8) is 0 Å². The van der Waals surface area contributed by atoms with Gasteiger partial charge in [-0.1, -0.05) is 54.6 Å². The van der Waals surface area contributed by atoms with E-state index in [1.807, 2.05) is 11.0 Å². The van der Waals surface area contributed by atoms with Gasteiger partial charge in [0.15, 0.2) is 0 Å². The number of rotatable bonds is 5. The SMILES string of the molecule is CN(CCC(=O)N1CCc2ccccc2C1)Cc1ccccc1. The lowest BCUT2D eigenvalue weighted by atomic mass is 10.00. The first-order valence-corrected chi connectivity index (χ1v) is 8.29. The first-order valence-electron chi connectivity index (χ1n) is 8.29. The molecule has 1 aliphatic heterocycles. The molecular weight excluding hydrogens is 284 g/mol. The third-order valence-corrected chi connectivity index (χ3v) is 4.49. The van der Waals surface area contributed by atoms with Crippen LogP contribution >= 0.6 is 0 Å². The van der Waals surface area contributed by atoms with Crippen LogP contribution in [0.5, 0.6) is 0 Å². The molecule has 0 fully saturated rings. The Bertz CT molecular complexity index is 654. The van der Waals surface area contributed by atoms with Gasteiger partial charge < -0.3 is 9.80 Å². The Morgan fingerprint density at radius 2 is 1.74 bits per heavy atom. The predicted molar refractivity (Wildman–Crippen MR) is 93.0 cm³/mol. The topological polar surface area (TPSA) is 23.6 Å². The number of carbonyl (C=O) groups excluding carboxylic acids is 1. The molecule has 0 atom stereocenters. The van der Waals surface area contributed by atoms with Crippen molar-refractivity contribution in [2.45, 2.75) is 25.9 Å². The highest BCUT2D eigenvalue weighted by Crippen LogP contribution is 2.19. The van der Waals surface area contributed by atoms with Crippen LogP contribution in [0.4, 0.5) is 0 Å². The van der Waals surface area contributed by atoms with Crippen molar-refractivity contribution in [3.05, 3.63) is 71.3 Å². The van der Waals surface area contributed by atoms with E-state index in [1.54, 1.807) is 0 Å². The van der Waals surface area contributed by atoms with Crippen molar-refractivity contribution in [2.24, 2.45) is 0 Å². The Morgan fingerprint density at radius 1 is 1.04 bits per heavy atom. The Kier molecular flexibility index (Phi) is 5.09. The zero-order chi connectivity index (χ0) is 16.1. The van der Waals surface area contributed by atoms with Crippen LogP contribution in [-0.2, 0) is 24.3 Å². The zero-order valence-corrected chi connectivity index (χ0v) is 13.7. The molecule has 0 N–H and O–H groups in total. The van der Waals surface area contributed by atoms with E-state index in [9.17, 15) is 4.79 Å². The largest absolute Gasteiger partial charge is 0.338 e. The average molecular weight is 308 g/mol. The van der Waals surface area contributed by atoms with Gasteiger partial charge in [0, 0.05) is 32.6 Å². The standard InChI is InChI=1S/C20H24N2O/c1-21(15-17-7-3-2-4-8-17)13-12-20(23)22-14-11-18-9-5-6-10-19(18)16-22/h2-10H,11-16H2,1H3. The van der Waals surface area contributed by atoms with Crippen molar-refractivity contribution in [3.8, 4) is 0 Å². The fourth-order valence-corrected chi connectivity index (χ4v) is 3.13. The van der Waals surface area contributed by atoms with Crippen LogP contribution in [0, 0.1) is 0 Å². The smallest absolute Gasteiger partial charge is 0.224 e. The average Bonchev–Trinajstić information content (AvgIpc) is 2.60. The fraction of sp³-hybridized carbons (Fsp3) is 0.350. The molecule has 0 unspecified atom stereocenters. The van der Waals surface area contributed by atoms with Crippen LogP contribution in [0.1, 0.15) is 23.1 Å². The van der Waals surface area contributed by atoms with E-state index in [2.05, 4.69) is 60.5 Å². The first-order chi connectivity index (χ1) is 11.2. The third-order valence-electron chi connectivity index (χ3n) is 4.49. The number of benzene rings is 2. The van der Waals surface area contributed by atoms with E-state index in [0.717, 1.165) is 32.6 Å². The van der Waals surface area contributed by atoms with Gasteiger partial charge in [-0.05, 0) is 30.2 Å². The summed E-state index contributed by atoms with van der Waals surface area (Å²) in [5.74, 6) is 0.263. The molecule has 0 aliphatic carbocycles. The second-order valence-corrected chi connectivity index (χ2v) is 6.31. The highest BCUT2D eigenvalue weighted by atomic mass is 16.2. The fourth-order valence-electron chi connectivity index (χ4n) is 3.13. The Balaban J connectivity index is 1.48. The van der Waals surface area contributed by atoms with E-state index in [-0.39, 0.29) is 5.91 Å².